The number of carbonyl (C=O) groups excluding carboxylic acids is 2. The number of hydrogen-bond acceptors (Lipinski definition) is 5. The average molecular weight is 375 g/mol. The van der Waals surface area contributed by atoms with Crippen molar-refractivity contribution in [3.63, 3.8) is 0 Å². The van der Waals surface area contributed by atoms with Crippen molar-refractivity contribution >= 4 is 39.4 Å². The van der Waals surface area contributed by atoms with E-state index in [-0.39, 0.29) is 5.92 Å². The van der Waals surface area contributed by atoms with E-state index in [1.165, 1.54) is 0 Å². The van der Waals surface area contributed by atoms with E-state index in [0.29, 0.717) is 6.42 Å². The summed E-state index contributed by atoms with van der Waals surface area (Å²) in [6.07, 6.45) is 0.450. The van der Waals surface area contributed by atoms with E-state index in [1.807, 2.05) is 19.1 Å². The van der Waals surface area contributed by atoms with Crippen LogP contribution in [0.4, 0.5) is 4.79 Å². The molecule has 1 aliphatic carbocycles. The van der Waals surface area contributed by atoms with E-state index < -0.39 is 23.1 Å². The number of ether oxygens (including phenoxy) is 2. The molecule has 1 aromatic heterocycles. The number of carbonyl (C=O) groups is 2. The van der Waals surface area contributed by atoms with Crippen LogP contribution in [0.1, 0.15) is 51.3 Å². The first kappa shape index (κ1) is 16.5. The molecule has 0 unspecified atom stereocenters. The minimum atomic E-state index is -0.918. The molecule has 0 amide bonds. The van der Waals surface area contributed by atoms with Gasteiger partial charge in [-0.2, -0.15) is 0 Å². The third-order valence-corrected chi connectivity index (χ3v) is 5.35. The van der Waals surface area contributed by atoms with E-state index in [2.05, 4.69) is 15.9 Å². The molecular formula is C15H19BrO4S. The standard InChI is InChI=1S/C15H19BrO4S/c1-5-15(8-9(15)10-6-7-11(16)21-10)12(17)19-13(18)20-14(2,3)4/h6-7,9H,5,8H2,1-4H3/t9-,15+/m0/s1. The number of thiophene rings is 1. The summed E-state index contributed by atoms with van der Waals surface area (Å²) in [7, 11) is 0. The summed E-state index contributed by atoms with van der Waals surface area (Å²) in [6.45, 7) is 7.14. The lowest BCUT2D eigenvalue weighted by Crippen LogP contribution is -2.29. The molecule has 1 heterocycles. The number of halogens is 1. The molecule has 1 aromatic rings. The Bertz CT molecular complexity index is 560. The van der Waals surface area contributed by atoms with Gasteiger partial charge in [-0.15, -0.1) is 11.3 Å². The summed E-state index contributed by atoms with van der Waals surface area (Å²) in [5.74, 6) is -0.345. The molecule has 1 saturated carbocycles. The molecule has 2 atom stereocenters. The summed E-state index contributed by atoms with van der Waals surface area (Å²) in [6, 6.07) is 3.98. The lowest BCUT2D eigenvalue weighted by Gasteiger charge is -2.19. The molecule has 116 valence electrons. The van der Waals surface area contributed by atoms with Crippen molar-refractivity contribution in [1.29, 1.82) is 0 Å². The highest BCUT2D eigenvalue weighted by atomic mass is 79.9. The van der Waals surface area contributed by atoms with Gasteiger partial charge in [-0.1, -0.05) is 6.92 Å². The number of esters is 1. The number of rotatable bonds is 3. The van der Waals surface area contributed by atoms with Crippen LogP contribution >= 0.6 is 27.3 Å². The van der Waals surface area contributed by atoms with E-state index in [9.17, 15) is 9.59 Å². The van der Waals surface area contributed by atoms with E-state index in [4.69, 9.17) is 9.47 Å². The van der Waals surface area contributed by atoms with Gasteiger partial charge in [0.25, 0.3) is 0 Å². The lowest BCUT2D eigenvalue weighted by atomic mass is 10.00. The zero-order valence-electron chi connectivity index (χ0n) is 12.6. The Morgan fingerprint density at radius 3 is 2.57 bits per heavy atom. The Balaban J connectivity index is 2.03. The van der Waals surface area contributed by atoms with Gasteiger partial charge in [0.05, 0.1) is 9.20 Å². The van der Waals surface area contributed by atoms with Gasteiger partial charge in [0, 0.05) is 10.8 Å². The number of hydrogen-bond donors (Lipinski definition) is 0. The van der Waals surface area contributed by atoms with Crippen LogP contribution in [0.25, 0.3) is 0 Å². The second-order valence-corrected chi connectivity index (χ2v) is 8.76. The van der Waals surface area contributed by atoms with Crippen LogP contribution in [-0.4, -0.2) is 17.7 Å². The van der Waals surface area contributed by atoms with Gasteiger partial charge in [0.1, 0.15) is 5.60 Å². The fourth-order valence-electron chi connectivity index (χ4n) is 2.40. The fourth-order valence-corrected chi connectivity index (χ4v) is 4.04. The predicted octanol–water partition coefficient (Wildman–Crippen LogP) is 4.87. The highest BCUT2D eigenvalue weighted by molar-refractivity contribution is 9.11. The van der Waals surface area contributed by atoms with Crippen molar-refractivity contribution < 1.29 is 19.1 Å². The molecule has 0 aliphatic heterocycles. The van der Waals surface area contributed by atoms with Gasteiger partial charge in [0.2, 0.25) is 0 Å². The summed E-state index contributed by atoms with van der Waals surface area (Å²) in [4.78, 5) is 25.1. The minimum Gasteiger partial charge on any atom is -0.428 e. The van der Waals surface area contributed by atoms with Crippen molar-refractivity contribution in [2.45, 2.75) is 52.1 Å². The Hall–Kier alpha value is -0.880. The summed E-state index contributed by atoms with van der Waals surface area (Å²) in [5, 5.41) is 0. The Labute approximate surface area is 136 Å². The molecule has 4 nitrogen and oxygen atoms in total. The quantitative estimate of drug-likeness (QED) is 0.559. The highest BCUT2D eigenvalue weighted by Gasteiger charge is 2.61. The Morgan fingerprint density at radius 2 is 2.10 bits per heavy atom. The van der Waals surface area contributed by atoms with E-state index in [0.717, 1.165) is 15.1 Å². The third kappa shape index (κ3) is 3.66. The maximum atomic E-state index is 12.3. The molecular weight excluding hydrogens is 356 g/mol. The van der Waals surface area contributed by atoms with Crippen molar-refractivity contribution in [2.24, 2.45) is 5.41 Å². The van der Waals surface area contributed by atoms with Crippen LogP contribution in [0.2, 0.25) is 0 Å². The molecule has 0 N–H and O–H groups in total. The largest absolute Gasteiger partial charge is 0.516 e. The molecule has 0 aromatic carbocycles. The van der Waals surface area contributed by atoms with Crippen LogP contribution in [0.5, 0.6) is 0 Å². The van der Waals surface area contributed by atoms with Gasteiger partial charge in [0.15, 0.2) is 0 Å². The first-order chi connectivity index (χ1) is 9.68. The Kier molecular flexibility index (Phi) is 4.49. The molecule has 0 spiro atoms. The van der Waals surface area contributed by atoms with Gasteiger partial charge >= 0.3 is 12.1 Å². The molecule has 6 heteroatoms. The summed E-state index contributed by atoms with van der Waals surface area (Å²) in [5.41, 5.74) is -1.25. The predicted molar refractivity (Wildman–Crippen MR) is 84.4 cm³/mol. The van der Waals surface area contributed by atoms with Crippen LogP contribution in [0.15, 0.2) is 15.9 Å². The molecule has 1 fully saturated rings. The van der Waals surface area contributed by atoms with Crippen molar-refractivity contribution in [2.75, 3.05) is 0 Å². The van der Waals surface area contributed by atoms with Crippen LogP contribution in [0.3, 0.4) is 0 Å². The maximum Gasteiger partial charge on any atom is 0.516 e. The molecule has 0 saturated heterocycles. The van der Waals surface area contributed by atoms with Crippen LogP contribution in [0, 0.1) is 5.41 Å². The first-order valence-electron chi connectivity index (χ1n) is 6.88. The highest BCUT2D eigenvalue weighted by Crippen LogP contribution is 2.63. The SMILES string of the molecule is CC[C@@]1(C(=O)OC(=O)OC(C)(C)C)C[C@H]1c1ccc(Br)s1. The fraction of sp³-hybridized carbons (Fsp3) is 0.600. The molecule has 1 aliphatic rings. The smallest absolute Gasteiger partial charge is 0.428 e. The van der Waals surface area contributed by atoms with Gasteiger partial charge in [-0.05, 0) is 61.7 Å². The second-order valence-electron chi connectivity index (χ2n) is 6.26. The average Bonchev–Trinajstić information content (AvgIpc) is 2.95. The summed E-state index contributed by atoms with van der Waals surface area (Å²) < 4.78 is 11.0. The first-order valence-corrected chi connectivity index (χ1v) is 8.49. The third-order valence-electron chi connectivity index (χ3n) is 3.62. The zero-order valence-corrected chi connectivity index (χ0v) is 15.0. The molecule has 0 bridgehead atoms. The lowest BCUT2D eigenvalue weighted by molar-refractivity contribution is -0.148. The molecule has 0 radical (unpaired) electrons. The van der Waals surface area contributed by atoms with Crippen molar-refractivity contribution in [3.8, 4) is 0 Å². The Morgan fingerprint density at radius 1 is 1.43 bits per heavy atom. The van der Waals surface area contributed by atoms with Crippen LogP contribution in [-0.2, 0) is 14.3 Å². The zero-order chi connectivity index (χ0) is 15.8. The van der Waals surface area contributed by atoms with E-state index >= 15 is 0 Å². The normalized spacial score (nSPS) is 24.5. The van der Waals surface area contributed by atoms with Gasteiger partial charge in [-0.25, -0.2) is 4.79 Å². The van der Waals surface area contributed by atoms with Gasteiger partial charge in [-0.3, -0.25) is 4.79 Å². The van der Waals surface area contributed by atoms with Crippen molar-refractivity contribution in [1.82, 2.24) is 0 Å². The molecule has 2 rings (SSSR count). The van der Waals surface area contributed by atoms with E-state index in [1.54, 1.807) is 32.1 Å². The van der Waals surface area contributed by atoms with Crippen molar-refractivity contribution in [3.05, 3.63) is 20.8 Å². The minimum absolute atomic E-state index is 0.133. The van der Waals surface area contributed by atoms with Crippen LogP contribution < -0.4 is 0 Å². The summed E-state index contributed by atoms with van der Waals surface area (Å²) >= 11 is 5.04. The topological polar surface area (TPSA) is 52.6 Å². The van der Waals surface area contributed by atoms with Gasteiger partial charge < -0.3 is 9.47 Å². The maximum absolute atomic E-state index is 12.3. The second kappa shape index (κ2) is 5.72. The molecule has 21 heavy (non-hydrogen) atoms. The monoisotopic (exact) mass is 374 g/mol.